The largest absolute Gasteiger partial charge is 0.270 e. The Bertz CT molecular complexity index is 716. The number of hydrogen-bond donors (Lipinski definition) is 2. The van der Waals surface area contributed by atoms with Crippen molar-refractivity contribution in [1.29, 1.82) is 0 Å². The molecule has 1 unspecified atom stereocenters. The molecule has 0 aliphatic rings. The average Bonchev–Trinajstić information content (AvgIpc) is 3.06. The Labute approximate surface area is 136 Å². The van der Waals surface area contributed by atoms with Crippen molar-refractivity contribution in [3.63, 3.8) is 0 Å². The molecule has 0 aliphatic heterocycles. The second kappa shape index (κ2) is 6.27. The highest BCUT2D eigenvalue weighted by Crippen LogP contribution is 2.35. The summed E-state index contributed by atoms with van der Waals surface area (Å²) in [6.45, 7) is 3.02. The molecule has 4 nitrogen and oxygen atoms in total. The first-order valence-corrected chi connectivity index (χ1v) is 8.51. The number of hydrazine groups is 1. The van der Waals surface area contributed by atoms with E-state index in [4.69, 9.17) is 5.84 Å². The lowest BCUT2D eigenvalue weighted by Gasteiger charge is -2.17. The van der Waals surface area contributed by atoms with Crippen molar-refractivity contribution >= 4 is 37.4 Å². The Kier molecular flexibility index (Phi) is 4.40. The van der Waals surface area contributed by atoms with Gasteiger partial charge >= 0.3 is 0 Å². The highest BCUT2D eigenvalue weighted by atomic mass is 79.9. The number of nitrogens with one attached hydrogen (secondary N) is 1. The molecule has 1 atom stereocenters. The van der Waals surface area contributed by atoms with E-state index in [1.165, 1.54) is 15.0 Å². The number of hydrogen-bond acceptors (Lipinski definition) is 4. The Hall–Kier alpha value is -1.21. The maximum Gasteiger partial charge on any atom is 0.0981 e. The van der Waals surface area contributed by atoms with Crippen LogP contribution >= 0.6 is 27.3 Å². The van der Waals surface area contributed by atoms with Crippen molar-refractivity contribution < 1.29 is 0 Å². The average molecular weight is 365 g/mol. The number of aryl methyl sites for hydroxylation is 1. The normalized spacial score (nSPS) is 12.9. The maximum atomic E-state index is 5.85. The molecular formula is C15H17BrN4S. The van der Waals surface area contributed by atoms with Crippen LogP contribution < -0.4 is 11.3 Å². The second-order valence-corrected chi connectivity index (χ2v) is 6.86. The number of nitrogens with two attached hydrogens (primary N) is 1. The molecular weight excluding hydrogens is 348 g/mol. The van der Waals surface area contributed by atoms with Gasteiger partial charge in [0.05, 0.1) is 22.4 Å². The molecule has 0 saturated carbocycles. The van der Waals surface area contributed by atoms with Gasteiger partial charge in [0.2, 0.25) is 0 Å². The lowest BCUT2D eigenvalue weighted by Crippen LogP contribution is -2.30. The minimum absolute atomic E-state index is 0.0641. The van der Waals surface area contributed by atoms with Gasteiger partial charge in [0.25, 0.3) is 0 Å². The molecule has 3 rings (SSSR count). The Balaban J connectivity index is 2.07. The minimum Gasteiger partial charge on any atom is -0.270 e. The Morgan fingerprint density at radius 3 is 2.95 bits per heavy atom. The monoisotopic (exact) mass is 364 g/mol. The smallest absolute Gasteiger partial charge is 0.0981 e. The van der Waals surface area contributed by atoms with Gasteiger partial charge < -0.3 is 0 Å². The number of halogens is 1. The molecule has 0 amide bonds. The zero-order valence-corrected chi connectivity index (χ0v) is 14.1. The van der Waals surface area contributed by atoms with E-state index < -0.39 is 0 Å². The van der Waals surface area contributed by atoms with Crippen LogP contribution in [-0.4, -0.2) is 9.78 Å². The zero-order chi connectivity index (χ0) is 14.8. The molecule has 1 aromatic carbocycles. The van der Waals surface area contributed by atoms with Crippen LogP contribution in [0.2, 0.25) is 0 Å². The van der Waals surface area contributed by atoms with E-state index in [0.717, 1.165) is 23.1 Å². The Morgan fingerprint density at radius 1 is 1.43 bits per heavy atom. The molecule has 2 aromatic heterocycles. The predicted octanol–water partition coefficient (Wildman–Crippen LogP) is 3.82. The van der Waals surface area contributed by atoms with Crippen molar-refractivity contribution in [3.8, 4) is 0 Å². The fourth-order valence-electron chi connectivity index (χ4n) is 2.49. The van der Waals surface area contributed by atoms with Gasteiger partial charge in [-0.25, -0.2) is 5.43 Å². The van der Waals surface area contributed by atoms with Gasteiger partial charge in [0.1, 0.15) is 0 Å². The van der Waals surface area contributed by atoms with E-state index in [0.29, 0.717) is 0 Å². The van der Waals surface area contributed by atoms with Crippen LogP contribution in [0, 0.1) is 0 Å². The van der Waals surface area contributed by atoms with Crippen molar-refractivity contribution in [1.82, 2.24) is 15.2 Å². The molecule has 0 spiro atoms. The topological polar surface area (TPSA) is 55.9 Å². The van der Waals surface area contributed by atoms with E-state index in [9.17, 15) is 0 Å². The zero-order valence-electron chi connectivity index (χ0n) is 11.7. The molecule has 3 N–H and O–H groups in total. The third kappa shape index (κ3) is 2.76. The molecule has 0 bridgehead atoms. The molecule has 3 aromatic rings. The fraction of sp³-hybridized carbons (Fsp3) is 0.267. The first-order chi connectivity index (χ1) is 10.2. The maximum absolute atomic E-state index is 5.85. The second-order valence-electron chi connectivity index (χ2n) is 4.89. The van der Waals surface area contributed by atoms with Crippen LogP contribution in [0.5, 0.6) is 0 Å². The van der Waals surface area contributed by atoms with Gasteiger partial charge in [0, 0.05) is 16.1 Å². The number of rotatable bonds is 5. The highest BCUT2D eigenvalue weighted by Gasteiger charge is 2.22. The number of nitrogens with zero attached hydrogens (tertiary/aromatic N) is 2. The van der Waals surface area contributed by atoms with E-state index >= 15 is 0 Å². The molecule has 0 saturated heterocycles. The summed E-state index contributed by atoms with van der Waals surface area (Å²) in [5.74, 6) is 5.85. The first-order valence-electron chi connectivity index (χ1n) is 6.90. The number of thiophene rings is 1. The summed E-state index contributed by atoms with van der Waals surface area (Å²) in [4.78, 5) is 1.19. The third-order valence-corrected chi connectivity index (χ3v) is 5.23. The quantitative estimate of drug-likeness (QED) is 0.534. The summed E-state index contributed by atoms with van der Waals surface area (Å²) < 4.78 is 4.26. The van der Waals surface area contributed by atoms with Gasteiger partial charge in [-0.2, -0.15) is 5.10 Å². The molecule has 110 valence electrons. The SMILES string of the molecule is CCCn1ncc(Br)c1C(NN)c1cc2ccccc2s1. The highest BCUT2D eigenvalue weighted by molar-refractivity contribution is 9.10. The van der Waals surface area contributed by atoms with Gasteiger partial charge in [-0.15, -0.1) is 11.3 Å². The van der Waals surface area contributed by atoms with Gasteiger partial charge in [0.15, 0.2) is 0 Å². The van der Waals surface area contributed by atoms with Crippen molar-refractivity contribution in [2.24, 2.45) is 5.84 Å². The molecule has 0 fully saturated rings. The van der Waals surface area contributed by atoms with Crippen LogP contribution in [0.15, 0.2) is 41.0 Å². The Morgan fingerprint density at radius 2 is 2.24 bits per heavy atom. The summed E-state index contributed by atoms with van der Waals surface area (Å²) in [6, 6.07) is 10.5. The summed E-state index contributed by atoms with van der Waals surface area (Å²) in [7, 11) is 0. The van der Waals surface area contributed by atoms with Gasteiger partial charge in [-0.3, -0.25) is 10.5 Å². The van der Waals surface area contributed by atoms with E-state index in [1.807, 2.05) is 10.9 Å². The van der Waals surface area contributed by atoms with Crippen LogP contribution in [0.1, 0.15) is 30.0 Å². The summed E-state index contributed by atoms with van der Waals surface area (Å²) >= 11 is 5.35. The van der Waals surface area contributed by atoms with Crippen LogP contribution in [-0.2, 0) is 6.54 Å². The molecule has 21 heavy (non-hydrogen) atoms. The molecule has 6 heteroatoms. The van der Waals surface area contributed by atoms with Crippen molar-refractivity contribution in [2.75, 3.05) is 0 Å². The van der Waals surface area contributed by atoms with Gasteiger partial charge in [-0.05, 0) is 39.9 Å². The molecule has 0 radical (unpaired) electrons. The van der Waals surface area contributed by atoms with E-state index in [1.54, 1.807) is 11.3 Å². The third-order valence-electron chi connectivity index (χ3n) is 3.44. The summed E-state index contributed by atoms with van der Waals surface area (Å²) in [5.41, 5.74) is 4.02. The predicted molar refractivity (Wildman–Crippen MR) is 91.2 cm³/mol. The molecule has 2 heterocycles. The number of benzene rings is 1. The number of aromatic nitrogens is 2. The van der Waals surface area contributed by atoms with E-state index in [-0.39, 0.29) is 6.04 Å². The lowest BCUT2D eigenvalue weighted by molar-refractivity contribution is 0.523. The van der Waals surface area contributed by atoms with Crippen molar-refractivity contribution in [3.05, 3.63) is 51.6 Å². The first kappa shape index (κ1) is 14.7. The van der Waals surface area contributed by atoms with E-state index in [2.05, 4.69) is 63.7 Å². The minimum atomic E-state index is -0.0641. The standard InChI is InChI=1S/C15H17BrN4S/c1-2-7-20-15(11(16)9-18-20)14(19-17)13-8-10-5-3-4-6-12(10)21-13/h3-6,8-9,14,19H,2,7,17H2,1H3. The summed E-state index contributed by atoms with van der Waals surface area (Å²) in [6.07, 6.45) is 2.87. The van der Waals surface area contributed by atoms with Crippen LogP contribution in [0.25, 0.3) is 10.1 Å². The lowest BCUT2D eigenvalue weighted by atomic mass is 10.1. The fourth-order valence-corrected chi connectivity index (χ4v) is 4.14. The van der Waals surface area contributed by atoms with Crippen LogP contribution in [0.3, 0.4) is 0 Å². The number of fused-ring (bicyclic) bond motifs is 1. The van der Waals surface area contributed by atoms with Gasteiger partial charge in [-0.1, -0.05) is 25.1 Å². The summed E-state index contributed by atoms with van der Waals surface area (Å²) in [5, 5.41) is 5.68. The van der Waals surface area contributed by atoms with Crippen molar-refractivity contribution in [2.45, 2.75) is 25.9 Å². The van der Waals surface area contributed by atoms with Crippen LogP contribution in [0.4, 0.5) is 0 Å². The molecule has 0 aliphatic carbocycles.